The van der Waals surface area contributed by atoms with Crippen molar-refractivity contribution in [3.05, 3.63) is 77.1 Å². The van der Waals surface area contributed by atoms with Gasteiger partial charge in [0, 0.05) is 29.9 Å². The van der Waals surface area contributed by atoms with Gasteiger partial charge in [0.1, 0.15) is 0 Å². The third-order valence-electron chi connectivity index (χ3n) is 5.80. The SMILES string of the molecule is CCN(CC)c1ccc(C(=O)NCc2nnc3ccc(-c4ccc(C)c(C)c4)nn23)cc1. The van der Waals surface area contributed by atoms with Crippen molar-refractivity contribution in [1.82, 2.24) is 25.1 Å². The molecule has 0 radical (unpaired) electrons. The quantitative estimate of drug-likeness (QED) is 0.478. The second-order valence-corrected chi connectivity index (χ2v) is 7.81. The van der Waals surface area contributed by atoms with Gasteiger partial charge in [-0.1, -0.05) is 12.1 Å². The van der Waals surface area contributed by atoms with E-state index in [0.29, 0.717) is 17.0 Å². The minimum absolute atomic E-state index is 0.154. The summed E-state index contributed by atoms with van der Waals surface area (Å²) in [6, 6.07) is 17.8. The first-order chi connectivity index (χ1) is 15.5. The summed E-state index contributed by atoms with van der Waals surface area (Å²) in [4.78, 5) is 14.9. The maximum atomic E-state index is 12.7. The van der Waals surface area contributed by atoms with Crippen molar-refractivity contribution in [2.45, 2.75) is 34.2 Å². The molecular formula is C25H28N6O. The monoisotopic (exact) mass is 428 g/mol. The van der Waals surface area contributed by atoms with Crippen LogP contribution in [0.2, 0.25) is 0 Å². The number of hydrogen-bond acceptors (Lipinski definition) is 5. The van der Waals surface area contributed by atoms with Crippen molar-refractivity contribution in [3.63, 3.8) is 0 Å². The summed E-state index contributed by atoms with van der Waals surface area (Å²) in [5, 5.41) is 16.0. The normalized spacial score (nSPS) is 11.0. The predicted octanol–water partition coefficient (Wildman–Crippen LogP) is 4.18. The third kappa shape index (κ3) is 4.32. The molecule has 0 aliphatic rings. The minimum atomic E-state index is -0.154. The van der Waals surface area contributed by atoms with E-state index in [4.69, 9.17) is 5.10 Å². The Morgan fingerprint density at radius 1 is 0.938 bits per heavy atom. The maximum Gasteiger partial charge on any atom is 0.251 e. The summed E-state index contributed by atoms with van der Waals surface area (Å²) < 4.78 is 1.69. The molecule has 2 aromatic carbocycles. The number of hydrogen-bond donors (Lipinski definition) is 1. The molecule has 1 N–H and O–H groups in total. The standard InChI is InChI=1S/C25H28N6O/c1-5-30(6-2)21-11-9-19(10-12-21)25(32)26-16-24-28-27-23-14-13-22(29-31(23)24)20-8-7-17(3)18(4)15-20/h7-15H,5-6,16H2,1-4H3,(H,26,32). The summed E-state index contributed by atoms with van der Waals surface area (Å²) in [5.41, 5.74) is 6.69. The van der Waals surface area contributed by atoms with Crippen LogP contribution in [-0.2, 0) is 6.54 Å². The summed E-state index contributed by atoms with van der Waals surface area (Å²) in [6.07, 6.45) is 0. The highest BCUT2D eigenvalue weighted by atomic mass is 16.1. The number of aryl methyl sites for hydroxylation is 2. The van der Waals surface area contributed by atoms with E-state index in [2.05, 4.69) is 66.3 Å². The average molecular weight is 429 g/mol. The molecule has 4 rings (SSSR count). The molecule has 1 amide bonds. The van der Waals surface area contributed by atoms with Crippen molar-refractivity contribution in [2.24, 2.45) is 0 Å². The first-order valence-corrected chi connectivity index (χ1v) is 10.9. The van der Waals surface area contributed by atoms with Gasteiger partial charge in [-0.2, -0.15) is 9.61 Å². The lowest BCUT2D eigenvalue weighted by Gasteiger charge is -2.21. The van der Waals surface area contributed by atoms with Crippen molar-refractivity contribution in [2.75, 3.05) is 18.0 Å². The molecule has 32 heavy (non-hydrogen) atoms. The zero-order chi connectivity index (χ0) is 22.7. The summed E-state index contributed by atoms with van der Waals surface area (Å²) >= 11 is 0. The van der Waals surface area contributed by atoms with Crippen molar-refractivity contribution < 1.29 is 4.79 Å². The number of fused-ring (bicyclic) bond motifs is 1. The number of carbonyl (C=O) groups excluding carboxylic acids is 1. The Hall–Kier alpha value is -3.74. The van der Waals surface area contributed by atoms with Gasteiger partial charge in [0.15, 0.2) is 11.5 Å². The molecule has 2 heterocycles. The Balaban J connectivity index is 1.50. The lowest BCUT2D eigenvalue weighted by molar-refractivity contribution is 0.0949. The van der Waals surface area contributed by atoms with Gasteiger partial charge < -0.3 is 10.2 Å². The summed E-state index contributed by atoms with van der Waals surface area (Å²) in [7, 11) is 0. The Kier molecular flexibility index (Phi) is 6.16. The van der Waals surface area contributed by atoms with Crippen LogP contribution in [0.15, 0.2) is 54.6 Å². The molecule has 0 atom stereocenters. The largest absolute Gasteiger partial charge is 0.372 e. The molecule has 0 saturated heterocycles. The lowest BCUT2D eigenvalue weighted by atomic mass is 10.0. The number of anilines is 1. The van der Waals surface area contributed by atoms with E-state index >= 15 is 0 Å². The summed E-state index contributed by atoms with van der Waals surface area (Å²) in [6.45, 7) is 10.5. The molecule has 0 fully saturated rings. The molecule has 7 nitrogen and oxygen atoms in total. The van der Waals surface area contributed by atoms with E-state index in [0.717, 1.165) is 30.0 Å². The van der Waals surface area contributed by atoms with Crippen LogP contribution < -0.4 is 10.2 Å². The fraction of sp³-hybridized carbons (Fsp3) is 0.280. The Morgan fingerprint density at radius 2 is 1.69 bits per heavy atom. The molecule has 2 aromatic heterocycles. The molecule has 0 aliphatic carbocycles. The van der Waals surface area contributed by atoms with Gasteiger partial charge in [-0.3, -0.25) is 4.79 Å². The molecule has 7 heteroatoms. The number of aromatic nitrogens is 4. The van der Waals surface area contributed by atoms with Crippen LogP contribution in [0.1, 0.15) is 41.2 Å². The zero-order valence-corrected chi connectivity index (χ0v) is 19.0. The third-order valence-corrected chi connectivity index (χ3v) is 5.80. The van der Waals surface area contributed by atoms with Gasteiger partial charge in [-0.15, -0.1) is 10.2 Å². The average Bonchev–Trinajstić information content (AvgIpc) is 3.23. The van der Waals surface area contributed by atoms with Gasteiger partial charge in [0.2, 0.25) is 0 Å². The van der Waals surface area contributed by atoms with Crippen LogP contribution >= 0.6 is 0 Å². The molecule has 0 saturated carbocycles. The van der Waals surface area contributed by atoms with E-state index < -0.39 is 0 Å². The van der Waals surface area contributed by atoms with Crippen LogP contribution in [-0.4, -0.2) is 38.8 Å². The van der Waals surface area contributed by atoms with Crippen LogP contribution in [0.25, 0.3) is 16.9 Å². The van der Waals surface area contributed by atoms with E-state index in [9.17, 15) is 4.79 Å². The van der Waals surface area contributed by atoms with E-state index in [1.54, 1.807) is 4.52 Å². The smallest absolute Gasteiger partial charge is 0.251 e. The Labute approximate surface area is 188 Å². The number of benzene rings is 2. The molecule has 4 aromatic rings. The predicted molar refractivity (Wildman–Crippen MR) is 127 cm³/mol. The number of nitrogens with zero attached hydrogens (tertiary/aromatic N) is 5. The first kappa shape index (κ1) is 21.5. The molecule has 0 aliphatic heterocycles. The van der Waals surface area contributed by atoms with Gasteiger partial charge in [-0.05, 0) is 81.3 Å². The van der Waals surface area contributed by atoms with E-state index in [-0.39, 0.29) is 12.5 Å². The number of rotatable bonds is 7. The highest BCUT2D eigenvalue weighted by Gasteiger charge is 2.12. The van der Waals surface area contributed by atoms with Gasteiger partial charge in [0.25, 0.3) is 5.91 Å². The minimum Gasteiger partial charge on any atom is -0.372 e. The van der Waals surface area contributed by atoms with Gasteiger partial charge in [0.05, 0.1) is 12.2 Å². The van der Waals surface area contributed by atoms with Crippen molar-refractivity contribution in [1.29, 1.82) is 0 Å². The second-order valence-electron chi connectivity index (χ2n) is 7.81. The topological polar surface area (TPSA) is 75.4 Å². The van der Waals surface area contributed by atoms with E-state index in [1.165, 1.54) is 11.1 Å². The first-order valence-electron chi connectivity index (χ1n) is 10.9. The van der Waals surface area contributed by atoms with E-state index in [1.807, 2.05) is 36.4 Å². The Morgan fingerprint density at radius 3 is 2.38 bits per heavy atom. The lowest BCUT2D eigenvalue weighted by Crippen LogP contribution is -2.25. The number of carbonyl (C=O) groups is 1. The van der Waals surface area contributed by atoms with Gasteiger partial charge >= 0.3 is 0 Å². The molecule has 164 valence electrons. The molecular weight excluding hydrogens is 400 g/mol. The van der Waals surface area contributed by atoms with Crippen molar-refractivity contribution in [3.8, 4) is 11.3 Å². The number of nitrogens with one attached hydrogen (secondary N) is 1. The maximum absolute atomic E-state index is 12.7. The highest BCUT2D eigenvalue weighted by molar-refractivity contribution is 5.94. The van der Waals surface area contributed by atoms with Gasteiger partial charge in [-0.25, -0.2) is 0 Å². The molecule has 0 unspecified atom stereocenters. The van der Waals surface area contributed by atoms with Crippen LogP contribution in [0.5, 0.6) is 0 Å². The second kappa shape index (κ2) is 9.18. The fourth-order valence-electron chi connectivity index (χ4n) is 3.67. The Bertz CT molecular complexity index is 1240. The highest BCUT2D eigenvalue weighted by Crippen LogP contribution is 2.21. The van der Waals surface area contributed by atoms with Crippen LogP contribution in [0, 0.1) is 13.8 Å². The number of amides is 1. The molecule has 0 bridgehead atoms. The zero-order valence-electron chi connectivity index (χ0n) is 19.0. The molecule has 0 spiro atoms. The van der Waals surface area contributed by atoms with Crippen molar-refractivity contribution >= 4 is 17.2 Å². The van der Waals surface area contributed by atoms with Crippen LogP contribution in [0.3, 0.4) is 0 Å². The fourth-order valence-corrected chi connectivity index (χ4v) is 3.67. The van der Waals surface area contributed by atoms with Crippen LogP contribution in [0.4, 0.5) is 5.69 Å². The summed E-state index contributed by atoms with van der Waals surface area (Å²) in [5.74, 6) is 0.428.